The van der Waals surface area contributed by atoms with Gasteiger partial charge in [-0.05, 0) is 24.6 Å². The van der Waals surface area contributed by atoms with Crippen LogP contribution in [0.4, 0.5) is 14.9 Å². The van der Waals surface area contributed by atoms with Crippen LogP contribution in [0, 0.1) is 12.7 Å². The van der Waals surface area contributed by atoms with Crippen LogP contribution in [0.5, 0.6) is 0 Å². The molecule has 22 heavy (non-hydrogen) atoms. The molecule has 2 aromatic rings. The number of carbonyl (C=O) groups excluding carboxylic acids is 1. The van der Waals surface area contributed by atoms with Gasteiger partial charge in [-0.15, -0.1) is 0 Å². The zero-order chi connectivity index (χ0) is 16.1. The number of nitrogens with one attached hydrogen (secondary N) is 2. The molecule has 0 spiro atoms. The van der Waals surface area contributed by atoms with Crippen molar-refractivity contribution < 1.29 is 14.3 Å². The molecule has 0 aliphatic rings. The fraction of sp³-hybridized carbons (Fsp3) is 0.188. The first-order valence-corrected chi connectivity index (χ1v) is 7.09. The van der Waals surface area contributed by atoms with E-state index in [0.717, 1.165) is 5.56 Å². The first-order chi connectivity index (χ1) is 10.5. The van der Waals surface area contributed by atoms with E-state index >= 15 is 0 Å². The van der Waals surface area contributed by atoms with Crippen LogP contribution in [0.2, 0.25) is 5.02 Å². The van der Waals surface area contributed by atoms with E-state index < -0.39 is 18.0 Å². The van der Waals surface area contributed by atoms with E-state index in [1.165, 1.54) is 18.2 Å². The van der Waals surface area contributed by atoms with Gasteiger partial charge in [0.2, 0.25) is 0 Å². The molecule has 0 heterocycles. The van der Waals surface area contributed by atoms with Crippen molar-refractivity contribution in [2.75, 3.05) is 11.9 Å². The molecular formula is C16H16ClFN2O2. The number of amides is 2. The summed E-state index contributed by atoms with van der Waals surface area (Å²) < 4.78 is 13.5. The van der Waals surface area contributed by atoms with Crippen molar-refractivity contribution in [1.29, 1.82) is 0 Å². The van der Waals surface area contributed by atoms with Crippen LogP contribution in [0.15, 0.2) is 42.5 Å². The van der Waals surface area contributed by atoms with Gasteiger partial charge in [-0.2, -0.15) is 0 Å². The molecule has 0 aromatic heterocycles. The molecule has 116 valence electrons. The summed E-state index contributed by atoms with van der Waals surface area (Å²) in [6.07, 6.45) is -1.13. The number of aliphatic hydroxyl groups is 1. The number of rotatable bonds is 4. The second-order valence-corrected chi connectivity index (χ2v) is 5.19. The van der Waals surface area contributed by atoms with Gasteiger partial charge in [0.15, 0.2) is 0 Å². The maximum atomic E-state index is 13.5. The van der Waals surface area contributed by atoms with E-state index in [2.05, 4.69) is 10.6 Å². The summed E-state index contributed by atoms with van der Waals surface area (Å²) in [5.41, 5.74) is 1.45. The summed E-state index contributed by atoms with van der Waals surface area (Å²) in [6.45, 7) is 1.71. The number of carbonyl (C=O) groups is 1. The van der Waals surface area contributed by atoms with Crippen molar-refractivity contribution in [2.45, 2.75) is 13.0 Å². The van der Waals surface area contributed by atoms with Crippen molar-refractivity contribution >= 4 is 23.3 Å². The minimum Gasteiger partial charge on any atom is -0.386 e. The average Bonchev–Trinajstić information content (AvgIpc) is 2.50. The second-order valence-electron chi connectivity index (χ2n) is 4.81. The minimum absolute atomic E-state index is 0.115. The predicted octanol–water partition coefficient (Wildman–Crippen LogP) is 3.64. The Balaban J connectivity index is 1.93. The van der Waals surface area contributed by atoms with Gasteiger partial charge in [0.1, 0.15) is 5.82 Å². The van der Waals surface area contributed by atoms with Gasteiger partial charge < -0.3 is 15.7 Å². The summed E-state index contributed by atoms with van der Waals surface area (Å²) >= 11 is 6.08. The summed E-state index contributed by atoms with van der Waals surface area (Å²) in [4.78, 5) is 11.8. The van der Waals surface area contributed by atoms with Gasteiger partial charge in [0.25, 0.3) is 0 Å². The Kier molecular flexibility index (Phi) is 5.35. The number of hydrogen-bond donors (Lipinski definition) is 3. The molecule has 0 saturated carbocycles. The fourth-order valence-corrected chi connectivity index (χ4v) is 2.13. The number of aryl methyl sites for hydroxylation is 1. The molecule has 6 heteroatoms. The molecule has 2 rings (SSSR count). The predicted molar refractivity (Wildman–Crippen MR) is 84.6 cm³/mol. The highest BCUT2D eigenvalue weighted by molar-refractivity contribution is 6.34. The molecule has 0 aliphatic heterocycles. The van der Waals surface area contributed by atoms with Gasteiger partial charge in [-0.25, -0.2) is 9.18 Å². The molecule has 2 amide bonds. The smallest absolute Gasteiger partial charge is 0.319 e. The number of urea groups is 1. The first kappa shape index (κ1) is 16.3. The van der Waals surface area contributed by atoms with E-state index in [0.29, 0.717) is 10.7 Å². The topological polar surface area (TPSA) is 61.4 Å². The molecule has 0 saturated heterocycles. The van der Waals surface area contributed by atoms with Crippen molar-refractivity contribution in [1.82, 2.24) is 5.32 Å². The van der Waals surface area contributed by atoms with E-state index in [4.69, 9.17) is 11.6 Å². The Labute approximate surface area is 132 Å². The van der Waals surface area contributed by atoms with Crippen LogP contribution in [0.25, 0.3) is 0 Å². The van der Waals surface area contributed by atoms with E-state index in [1.54, 1.807) is 18.2 Å². The number of halogens is 2. The van der Waals surface area contributed by atoms with Crippen LogP contribution in [-0.4, -0.2) is 17.7 Å². The molecule has 3 N–H and O–H groups in total. The summed E-state index contributed by atoms with van der Waals surface area (Å²) in [5, 5.41) is 15.4. The number of aliphatic hydroxyl groups excluding tert-OH is 1. The fourth-order valence-electron chi connectivity index (χ4n) is 1.96. The van der Waals surface area contributed by atoms with Crippen LogP contribution >= 0.6 is 11.6 Å². The highest BCUT2D eigenvalue weighted by Gasteiger charge is 2.14. The Bertz CT molecular complexity index is 679. The molecule has 0 aliphatic carbocycles. The van der Waals surface area contributed by atoms with Crippen molar-refractivity contribution in [3.05, 3.63) is 64.4 Å². The Morgan fingerprint density at radius 1 is 1.27 bits per heavy atom. The highest BCUT2D eigenvalue weighted by atomic mass is 35.5. The molecule has 1 atom stereocenters. The van der Waals surface area contributed by atoms with E-state index in [1.807, 2.05) is 13.0 Å². The lowest BCUT2D eigenvalue weighted by Gasteiger charge is -2.14. The summed E-state index contributed by atoms with van der Waals surface area (Å²) in [7, 11) is 0. The average molecular weight is 323 g/mol. The third-order valence-corrected chi connectivity index (χ3v) is 3.66. The molecule has 2 aromatic carbocycles. The number of anilines is 1. The molecule has 4 nitrogen and oxygen atoms in total. The quantitative estimate of drug-likeness (QED) is 0.804. The van der Waals surface area contributed by atoms with Crippen LogP contribution in [0.3, 0.4) is 0 Å². The van der Waals surface area contributed by atoms with Gasteiger partial charge >= 0.3 is 6.03 Å². The zero-order valence-corrected chi connectivity index (χ0v) is 12.7. The molecule has 0 radical (unpaired) electrons. The second kappa shape index (κ2) is 7.24. The third kappa shape index (κ3) is 3.96. The zero-order valence-electron chi connectivity index (χ0n) is 11.9. The monoisotopic (exact) mass is 322 g/mol. The Morgan fingerprint density at radius 3 is 2.73 bits per heavy atom. The Hall–Kier alpha value is -2.11. The van der Waals surface area contributed by atoms with Crippen molar-refractivity contribution in [3.8, 4) is 0 Å². The van der Waals surface area contributed by atoms with Crippen molar-refractivity contribution in [3.63, 3.8) is 0 Å². The first-order valence-electron chi connectivity index (χ1n) is 6.71. The van der Waals surface area contributed by atoms with Crippen molar-refractivity contribution in [2.24, 2.45) is 0 Å². The third-order valence-electron chi connectivity index (χ3n) is 3.16. The molecule has 1 unspecified atom stereocenters. The molecule has 0 fully saturated rings. The van der Waals surface area contributed by atoms with Crippen LogP contribution < -0.4 is 10.6 Å². The lowest BCUT2D eigenvalue weighted by atomic mass is 10.1. The van der Waals surface area contributed by atoms with Gasteiger partial charge in [-0.3, -0.25) is 0 Å². The Morgan fingerprint density at radius 2 is 2.00 bits per heavy atom. The molecule has 0 bridgehead atoms. The molecular weight excluding hydrogens is 307 g/mol. The maximum absolute atomic E-state index is 13.5. The van der Waals surface area contributed by atoms with Crippen LogP contribution in [0.1, 0.15) is 17.2 Å². The van der Waals surface area contributed by atoms with Crippen LogP contribution in [-0.2, 0) is 0 Å². The number of benzene rings is 2. The lowest BCUT2D eigenvalue weighted by molar-refractivity contribution is 0.170. The minimum atomic E-state index is -1.13. The number of hydrogen-bond acceptors (Lipinski definition) is 2. The summed E-state index contributed by atoms with van der Waals surface area (Å²) in [5.74, 6) is -0.515. The van der Waals surface area contributed by atoms with E-state index in [-0.39, 0.29) is 12.1 Å². The maximum Gasteiger partial charge on any atom is 0.319 e. The van der Waals surface area contributed by atoms with Gasteiger partial charge in [0, 0.05) is 12.1 Å². The standard InChI is InChI=1S/C16H16ClFN2O2/c1-10-5-4-8-13(15(10)17)20-16(22)19-9-14(21)11-6-2-3-7-12(11)18/h2-8,14,21H,9H2,1H3,(H2,19,20,22). The van der Waals surface area contributed by atoms with E-state index in [9.17, 15) is 14.3 Å². The summed E-state index contributed by atoms with van der Waals surface area (Å²) in [6, 6.07) is 10.6. The normalized spacial score (nSPS) is 11.8. The highest BCUT2D eigenvalue weighted by Crippen LogP contribution is 2.24. The largest absolute Gasteiger partial charge is 0.386 e. The SMILES string of the molecule is Cc1cccc(NC(=O)NCC(O)c2ccccc2F)c1Cl. The lowest BCUT2D eigenvalue weighted by Crippen LogP contribution is -2.32. The van der Waals surface area contributed by atoms with Gasteiger partial charge in [-0.1, -0.05) is 41.9 Å². The van der Waals surface area contributed by atoms with Gasteiger partial charge in [0.05, 0.1) is 16.8 Å².